The molecule has 0 unspecified atom stereocenters. The van der Waals surface area contributed by atoms with Crippen molar-refractivity contribution in [2.75, 3.05) is 5.32 Å². The molecule has 1 aliphatic rings. The van der Waals surface area contributed by atoms with Gasteiger partial charge in [0.15, 0.2) is 0 Å². The van der Waals surface area contributed by atoms with Crippen molar-refractivity contribution in [2.45, 2.75) is 32.6 Å². The molecule has 1 aromatic carbocycles. The van der Waals surface area contributed by atoms with Crippen LogP contribution in [-0.4, -0.2) is 0 Å². The van der Waals surface area contributed by atoms with Crippen molar-refractivity contribution in [3.05, 3.63) is 23.8 Å². The largest absolute Gasteiger partial charge is 0.352 e. The molecule has 0 spiro atoms. The molecule has 1 nitrogen and oxygen atoms in total. The fourth-order valence-electron chi connectivity index (χ4n) is 1.86. The second kappa shape index (κ2) is 2.81. The molecule has 64 valence electrons. The van der Waals surface area contributed by atoms with E-state index < -0.39 is 0 Å². The second-order valence-electron chi connectivity index (χ2n) is 3.41. The molecule has 1 heterocycles. The minimum Gasteiger partial charge on any atom is -0.352 e. The number of para-hydroxylation sites is 1. The molecule has 1 heteroatoms. The van der Waals surface area contributed by atoms with E-state index in [0.717, 1.165) is 5.92 Å². The summed E-state index contributed by atoms with van der Waals surface area (Å²) in [5.74, 6) is 0.745. The highest BCUT2D eigenvalue weighted by atomic mass is 15.0. The average molecular weight is 161 g/mol. The zero-order valence-corrected chi connectivity index (χ0v) is 7.72. The van der Waals surface area contributed by atoms with Gasteiger partial charge in [0, 0.05) is 0 Å². The molecule has 0 atom stereocenters. The van der Waals surface area contributed by atoms with Crippen LogP contribution in [0.3, 0.4) is 0 Å². The normalized spacial score (nSPS) is 12.6. The molecular weight excluding hydrogens is 146 g/mol. The highest BCUT2D eigenvalue weighted by Crippen LogP contribution is 2.45. The first-order valence-corrected chi connectivity index (χ1v) is 4.76. The summed E-state index contributed by atoms with van der Waals surface area (Å²) in [5.41, 5.74) is 4.24. The lowest BCUT2D eigenvalue weighted by Gasteiger charge is -2.10. The predicted octanol–water partition coefficient (Wildman–Crippen LogP) is 3.65. The summed E-state index contributed by atoms with van der Waals surface area (Å²) in [7, 11) is 0. The Balaban J connectivity index is 2.29. The number of hydrogen-bond donors (Lipinski definition) is 1. The topological polar surface area (TPSA) is 21.9 Å². The van der Waals surface area contributed by atoms with Gasteiger partial charge in [0.05, 0.1) is 11.4 Å². The zero-order valence-electron chi connectivity index (χ0n) is 7.72. The van der Waals surface area contributed by atoms with E-state index in [1.54, 1.807) is 0 Å². The number of benzene rings is 1. The van der Waals surface area contributed by atoms with Crippen LogP contribution < -0.4 is 5.32 Å². The Hall–Kier alpha value is -0.980. The van der Waals surface area contributed by atoms with Crippen molar-refractivity contribution in [1.29, 1.82) is 0 Å². The van der Waals surface area contributed by atoms with Gasteiger partial charge in [-0.2, -0.15) is 0 Å². The maximum atomic E-state index is 3.31. The molecule has 1 aromatic rings. The lowest BCUT2D eigenvalue weighted by atomic mass is 9.94. The first kappa shape index (κ1) is 7.66. The van der Waals surface area contributed by atoms with E-state index in [9.17, 15) is 0 Å². The number of rotatable bonds is 3. The lowest BCUT2D eigenvalue weighted by Crippen LogP contribution is -1.93. The Labute approximate surface area is 73.8 Å². The molecule has 0 saturated carbocycles. The Morgan fingerprint density at radius 3 is 2.67 bits per heavy atom. The highest BCUT2D eigenvalue weighted by Gasteiger charge is 2.22. The Kier molecular flexibility index (Phi) is 1.80. The SMILES string of the molecule is CCC(CC)c1cccc2c1N2. The van der Waals surface area contributed by atoms with Gasteiger partial charge in [-0.15, -0.1) is 0 Å². The Bertz CT molecular complexity index is 287. The molecule has 0 saturated heterocycles. The van der Waals surface area contributed by atoms with Gasteiger partial charge < -0.3 is 5.32 Å². The van der Waals surface area contributed by atoms with Crippen molar-refractivity contribution in [2.24, 2.45) is 0 Å². The summed E-state index contributed by atoms with van der Waals surface area (Å²) >= 11 is 0. The van der Waals surface area contributed by atoms with Crippen LogP contribution in [-0.2, 0) is 0 Å². The van der Waals surface area contributed by atoms with Gasteiger partial charge in [-0.25, -0.2) is 0 Å². The molecule has 0 fully saturated rings. The third kappa shape index (κ3) is 1.09. The van der Waals surface area contributed by atoms with Crippen LogP contribution in [0.25, 0.3) is 0 Å². The average Bonchev–Trinajstić information content (AvgIpc) is 2.86. The second-order valence-corrected chi connectivity index (χ2v) is 3.41. The summed E-state index contributed by atoms with van der Waals surface area (Å²) in [4.78, 5) is 0. The smallest absolute Gasteiger partial charge is 0.0659 e. The fraction of sp³-hybridized carbons (Fsp3) is 0.455. The van der Waals surface area contributed by atoms with Crippen LogP contribution in [0.1, 0.15) is 38.2 Å². The number of fused-ring (bicyclic) bond motifs is 1. The van der Waals surface area contributed by atoms with Gasteiger partial charge in [0.1, 0.15) is 0 Å². The van der Waals surface area contributed by atoms with E-state index in [2.05, 4.69) is 37.4 Å². The monoisotopic (exact) mass is 161 g/mol. The number of anilines is 2. The van der Waals surface area contributed by atoms with Crippen LogP contribution in [0, 0.1) is 0 Å². The van der Waals surface area contributed by atoms with E-state index in [1.165, 1.54) is 29.8 Å². The molecule has 0 aliphatic carbocycles. The van der Waals surface area contributed by atoms with E-state index in [4.69, 9.17) is 0 Å². The van der Waals surface area contributed by atoms with E-state index >= 15 is 0 Å². The van der Waals surface area contributed by atoms with E-state index in [1.807, 2.05) is 0 Å². The molecule has 1 N–H and O–H groups in total. The lowest BCUT2D eigenvalue weighted by molar-refractivity contribution is 0.645. The molecule has 0 radical (unpaired) electrons. The van der Waals surface area contributed by atoms with Crippen molar-refractivity contribution in [1.82, 2.24) is 0 Å². The minimum atomic E-state index is 0.745. The molecule has 0 aromatic heterocycles. The summed E-state index contributed by atoms with van der Waals surface area (Å²) in [6.07, 6.45) is 2.49. The maximum Gasteiger partial charge on any atom is 0.0659 e. The first-order chi connectivity index (χ1) is 5.86. The van der Waals surface area contributed by atoms with E-state index in [0.29, 0.717) is 0 Å². The quantitative estimate of drug-likeness (QED) is 0.682. The Morgan fingerprint density at radius 1 is 1.25 bits per heavy atom. The standard InChI is InChI=1S/C11H15N/c1-3-8(4-2)9-6-5-7-10-11(9)12-10/h5-8,12H,3-4H2,1-2H3. The van der Waals surface area contributed by atoms with Crippen molar-refractivity contribution in [3.63, 3.8) is 0 Å². The van der Waals surface area contributed by atoms with Gasteiger partial charge in [-0.05, 0) is 30.4 Å². The van der Waals surface area contributed by atoms with Crippen LogP contribution in [0.15, 0.2) is 18.2 Å². The summed E-state index contributed by atoms with van der Waals surface area (Å²) in [5, 5.41) is 3.31. The molecular formula is C11H15N. The number of nitrogens with one attached hydrogen (secondary N) is 1. The fourth-order valence-corrected chi connectivity index (χ4v) is 1.86. The zero-order chi connectivity index (χ0) is 8.55. The minimum absolute atomic E-state index is 0.745. The third-order valence-electron chi connectivity index (χ3n) is 2.72. The van der Waals surface area contributed by atoms with Gasteiger partial charge >= 0.3 is 0 Å². The van der Waals surface area contributed by atoms with Gasteiger partial charge in [0.25, 0.3) is 0 Å². The van der Waals surface area contributed by atoms with Crippen molar-refractivity contribution in [3.8, 4) is 0 Å². The van der Waals surface area contributed by atoms with E-state index in [-0.39, 0.29) is 0 Å². The third-order valence-corrected chi connectivity index (χ3v) is 2.72. The van der Waals surface area contributed by atoms with Crippen LogP contribution >= 0.6 is 0 Å². The van der Waals surface area contributed by atoms with Crippen LogP contribution in [0.2, 0.25) is 0 Å². The summed E-state index contributed by atoms with van der Waals surface area (Å²) in [6.45, 7) is 4.52. The Morgan fingerprint density at radius 2 is 2.00 bits per heavy atom. The van der Waals surface area contributed by atoms with Gasteiger partial charge in [0.2, 0.25) is 0 Å². The van der Waals surface area contributed by atoms with Crippen molar-refractivity contribution >= 4 is 11.4 Å². The van der Waals surface area contributed by atoms with Crippen molar-refractivity contribution < 1.29 is 0 Å². The van der Waals surface area contributed by atoms with Gasteiger partial charge in [-0.3, -0.25) is 0 Å². The molecule has 2 rings (SSSR count). The van der Waals surface area contributed by atoms with Gasteiger partial charge in [-0.1, -0.05) is 26.0 Å². The molecule has 1 aliphatic heterocycles. The first-order valence-electron chi connectivity index (χ1n) is 4.76. The summed E-state index contributed by atoms with van der Waals surface area (Å²) in [6, 6.07) is 6.53. The maximum absolute atomic E-state index is 3.31. The highest BCUT2D eigenvalue weighted by molar-refractivity contribution is 5.92. The van der Waals surface area contributed by atoms with Crippen LogP contribution in [0.4, 0.5) is 11.4 Å². The predicted molar refractivity (Wildman–Crippen MR) is 53.0 cm³/mol. The summed E-state index contributed by atoms with van der Waals surface area (Å²) < 4.78 is 0. The molecule has 12 heavy (non-hydrogen) atoms. The molecule has 0 amide bonds. The number of hydrogen-bond acceptors (Lipinski definition) is 1. The van der Waals surface area contributed by atoms with Crippen LogP contribution in [0.5, 0.6) is 0 Å². The molecule has 0 bridgehead atoms.